The van der Waals surface area contributed by atoms with Gasteiger partial charge in [-0.15, -0.1) is 0 Å². The Hall–Kier alpha value is -1.09. The van der Waals surface area contributed by atoms with Crippen molar-refractivity contribution in [2.24, 2.45) is 0 Å². The van der Waals surface area contributed by atoms with Crippen LogP contribution in [0.15, 0.2) is 18.3 Å². The van der Waals surface area contributed by atoms with Crippen LogP contribution in [0.25, 0.3) is 0 Å². The van der Waals surface area contributed by atoms with E-state index in [1.165, 1.54) is 19.3 Å². The standard InChI is InChI=1S/C15H26N2O/c1-5-6-7-10-17(12(2)3)15-9-8-14(11-16-15)13(4)18/h8-9,11-13,18H,5-7,10H2,1-4H3. The summed E-state index contributed by atoms with van der Waals surface area (Å²) in [5.41, 5.74) is 0.871. The number of aliphatic hydroxyl groups is 1. The van der Waals surface area contributed by atoms with Crippen LogP contribution in [0.2, 0.25) is 0 Å². The Bertz CT molecular complexity index is 333. The van der Waals surface area contributed by atoms with Crippen molar-refractivity contribution in [3.8, 4) is 0 Å². The van der Waals surface area contributed by atoms with Crippen LogP contribution >= 0.6 is 0 Å². The van der Waals surface area contributed by atoms with Gasteiger partial charge in [0.1, 0.15) is 5.82 Å². The van der Waals surface area contributed by atoms with Crippen molar-refractivity contribution in [3.05, 3.63) is 23.9 Å². The summed E-state index contributed by atoms with van der Waals surface area (Å²) in [4.78, 5) is 6.79. The van der Waals surface area contributed by atoms with E-state index in [1.54, 1.807) is 13.1 Å². The second-order valence-electron chi connectivity index (χ2n) is 5.12. The summed E-state index contributed by atoms with van der Waals surface area (Å²) < 4.78 is 0. The monoisotopic (exact) mass is 250 g/mol. The molecule has 1 N–H and O–H groups in total. The molecule has 0 spiro atoms. The molecule has 3 heteroatoms. The van der Waals surface area contributed by atoms with E-state index in [1.807, 2.05) is 12.1 Å². The maximum atomic E-state index is 9.48. The largest absolute Gasteiger partial charge is 0.389 e. The molecular formula is C15H26N2O. The van der Waals surface area contributed by atoms with Crippen molar-refractivity contribution < 1.29 is 5.11 Å². The van der Waals surface area contributed by atoms with Crippen molar-refractivity contribution in [1.29, 1.82) is 0 Å². The van der Waals surface area contributed by atoms with Crippen LogP contribution in [0, 0.1) is 0 Å². The fourth-order valence-electron chi connectivity index (χ4n) is 1.98. The number of pyridine rings is 1. The van der Waals surface area contributed by atoms with Crippen molar-refractivity contribution >= 4 is 5.82 Å². The van der Waals surface area contributed by atoms with Gasteiger partial charge in [-0.1, -0.05) is 25.8 Å². The number of aromatic nitrogens is 1. The van der Waals surface area contributed by atoms with Gasteiger partial charge >= 0.3 is 0 Å². The summed E-state index contributed by atoms with van der Waals surface area (Å²) in [5, 5.41) is 9.48. The number of aliphatic hydroxyl groups excluding tert-OH is 1. The van der Waals surface area contributed by atoms with Gasteiger partial charge in [0.05, 0.1) is 6.10 Å². The fraction of sp³-hybridized carbons (Fsp3) is 0.667. The van der Waals surface area contributed by atoms with Crippen molar-refractivity contribution in [2.45, 2.75) is 59.1 Å². The molecule has 0 saturated heterocycles. The quantitative estimate of drug-likeness (QED) is 0.752. The smallest absolute Gasteiger partial charge is 0.128 e. The number of unbranched alkanes of at least 4 members (excludes halogenated alkanes) is 2. The Morgan fingerprint density at radius 2 is 1.94 bits per heavy atom. The molecule has 0 bridgehead atoms. The van der Waals surface area contributed by atoms with Crippen LogP contribution < -0.4 is 4.90 Å². The first-order valence-corrected chi connectivity index (χ1v) is 6.97. The molecule has 0 amide bonds. The highest BCUT2D eigenvalue weighted by Crippen LogP contribution is 2.18. The third-order valence-electron chi connectivity index (χ3n) is 3.17. The van der Waals surface area contributed by atoms with Crippen LogP contribution in [0.4, 0.5) is 5.82 Å². The molecule has 1 aromatic rings. The molecule has 18 heavy (non-hydrogen) atoms. The lowest BCUT2D eigenvalue weighted by atomic mass is 10.2. The minimum absolute atomic E-state index is 0.445. The number of anilines is 1. The summed E-state index contributed by atoms with van der Waals surface area (Å²) in [5.74, 6) is 1.01. The second-order valence-corrected chi connectivity index (χ2v) is 5.12. The van der Waals surface area contributed by atoms with E-state index in [0.29, 0.717) is 6.04 Å². The molecule has 1 aromatic heterocycles. The summed E-state index contributed by atoms with van der Waals surface area (Å²) >= 11 is 0. The molecule has 0 aliphatic rings. The molecule has 102 valence electrons. The van der Waals surface area contributed by atoms with E-state index >= 15 is 0 Å². The first-order chi connectivity index (χ1) is 8.56. The topological polar surface area (TPSA) is 36.4 Å². The lowest BCUT2D eigenvalue weighted by Crippen LogP contribution is -2.32. The molecular weight excluding hydrogens is 224 g/mol. The van der Waals surface area contributed by atoms with E-state index in [9.17, 15) is 5.11 Å². The van der Waals surface area contributed by atoms with E-state index in [2.05, 4.69) is 30.7 Å². The molecule has 1 unspecified atom stereocenters. The van der Waals surface area contributed by atoms with Crippen LogP contribution in [0.1, 0.15) is 58.6 Å². The van der Waals surface area contributed by atoms with Crippen molar-refractivity contribution in [1.82, 2.24) is 4.98 Å². The highest BCUT2D eigenvalue weighted by molar-refractivity contribution is 5.40. The Kier molecular flexibility index (Phi) is 6.13. The molecule has 0 fully saturated rings. The van der Waals surface area contributed by atoms with Gasteiger partial charge in [-0.3, -0.25) is 0 Å². The van der Waals surface area contributed by atoms with Crippen LogP contribution in [-0.2, 0) is 0 Å². The predicted octanol–water partition coefficient (Wildman–Crippen LogP) is 3.54. The number of nitrogens with zero attached hydrogens (tertiary/aromatic N) is 2. The highest BCUT2D eigenvalue weighted by atomic mass is 16.3. The molecule has 1 atom stereocenters. The van der Waals surface area contributed by atoms with Crippen molar-refractivity contribution in [3.63, 3.8) is 0 Å². The highest BCUT2D eigenvalue weighted by Gasteiger charge is 2.11. The minimum Gasteiger partial charge on any atom is -0.389 e. The Morgan fingerprint density at radius 3 is 2.39 bits per heavy atom. The van der Waals surface area contributed by atoms with Gasteiger partial charge in [-0.2, -0.15) is 0 Å². The summed E-state index contributed by atoms with van der Waals surface area (Å²) in [6, 6.07) is 4.42. The number of hydrogen-bond donors (Lipinski definition) is 1. The van der Waals surface area contributed by atoms with Gasteiger partial charge < -0.3 is 10.0 Å². The molecule has 0 aromatic carbocycles. The SMILES string of the molecule is CCCCCN(c1ccc(C(C)O)cn1)C(C)C. The van der Waals surface area contributed by atoms with Gasteiger partial charge in [0, 0.05) is 18.8 Å². The first kappa shape index (κ1) is 15.0. The van der Waals surface area contributed by atoms with E-state index in [-0.39, 0.29) is 0 Å². The zero-order valence-corrected chi connectivity index (χ0v) is 12.1. The Morgan fingerprint density at radius 1 is 1.22 bits per heavy atom. The lowest BCUT2D eigenvalue weighted by Gasteiger charge is -2.28. The number of rotatable bonds is 7. The fourth-order valence-corrected chi connectivity index (χ4v) is 1.98. The molecule has 0 aliphatic heterocycles. The molecule has 0 radical (unpaired) electrons. The average Bonchev–Trinajstić information content (AvgIpc) is 2.34. The molecule has 1 rings (SSSR count). The van der Waals surface area contributed by atoms with Crippen molar-refractivity contribution in [2.75, 3.05) is 11.4 Å². The molecule has 3 nitrogen and oxygen atoms in total. The van der Waals surface area contributed by atoms with Gasteiger partial charge in [0.25, 0.3) is 0 Å². The summed E-state index contributed by atoms with van der Waals surface area (Å²) in [6.07, 6.45) is 5.03. The zero-order valence-electron chi connectivity index (χ0n) is 12.1. The maximum Gasteiger partial charge on any atom is 0.128 e. The van der Waals surface area contributed by atoms with Gasteiger partial charge in [-0.05, 0) is 38.8 Å². The van der Waals surface area contributed by atoms with Gasteiger partial charge in [0.2, 0.25) is 0 Å². The van der Waals surface area contributed by atoms with Crippen LogP contribution in [-0.4, -0.2) is 22.7 Å². The third-order valence-corrected chi connectivity index (χ3v) is 3.17. The number of hydrogen-bond acceptors (Lipinski definition) is 3. The molecule has 1 heterocycles. The minimum atomic E-state index is -0.445. The van der Waals surface area contributed by atoms with E-state index < -0.39 is 6.10 Å². The summed E-state index contributed by atoms with van der Waals surface area (Å²) in [7, 11) is 0. The maximum absolute atomic E-state index is 9.48. The Labute approximate surface area is 111 Å². The van der Waals surface area contributed by atoms with E-state index in [0.717, 1.165) is 17.9 Å². The van der Waals surface area contributed by atoms with Crippen LogP contribution in [0.5, 0.6) is 0 Å². The van der Waals surface area contributed by atoms with Crippen LogP contribution in [0.3, 0.4) is 0 Å². The summed E-state index contributed by atoms with van der Waals surface area (Å²) in [6.45, 7) is 9.41. The first-order valence-electron chi connectivity index (χ1n) is 6.97. The third kappa shape index (κ3) is 4.30. The zero-order chi connectivity index (χ0) is 13.5. The Balaban J connectivity index is 2.72. The van der Waals surface area contributed by atoms with Gasteiger partial charge in [-0.25, -0.2) is 4.98 Å². The lowest BCUT2D eigenvalue weighted by molar-refractivity contribution is 0.199. The second kappa shape index (κ2) is 7.37. The predicted molar refractivity (Wildman–Crippen MR) is 76.9 cm³/mol. The average molecular weight is 250 g/mol. The molecule has 0 aliphatic carbocycles. The molecule has 0 saturated carbocycles. The normalized spacial score (nSPS) is 12.8. The van der Waals surface area contributed by atoms with E-state index in [4.69, 9.17) is 0 Å². The van der Waals surface area contributed by atoms with Gasteiger partial charge in [0.15, 0.2) is 0 Å².